The minimum absolute atomic E-state index is 0.00760. The molecule has 2 aromatic heterocycles. The average Bonchev–Trinajstić information content (AvgIpc) is 3.35. The summed E-state index contributed by atoms with van der Waals surface area (Å²) in [5.74, 6) is -1.70. The number of nitrogens with zero attached hydrogens (tertiary/aromatic N) is 10. The van der Waals surface area contributed by atoms with Crippen LogP contribution in [0.3, 0.4) is 0 Å². The van der Waals surface area contributed by atoms with Crippen LogP contribution >= 0.6 is 0 Å². The smallest absolute Gasteiger partial charge is 0.196 e. The first-order valence-electron chi connectivity index (χ1n) is 13.2. The number of carbonyl (C=O) groups excluding carboxylic acids is 1. The van der Waals surface area contributed by atoms with Gasteiger partial charge in [-0.15, -0.1) is 0 Å². The summed E-state index contributed by atoms with van der Waals surface area (Å²) in [5, 5.41) is 12.7. The van der Waals surface area contributed by atoms with Crippen molar-refractivity contribution in [1.29, 1.82) is 0 Å². The van der Waals surface area contributed by atoms with E-state index in [1.807, 2.05) is 57.1 Å². The summed E-state index contributed by atoms with van der Waals surface area (Å²) >= 11 is 0. The van der Waals surface area contributed by atoms with Crippen LogP contribution in [-0.2, 0) is 9.84 Å². The minimum atomic E-state index is -3.79. The van der Waals surface area contributed by atoms with Crippen molar-refractivity contribution in [3.8, 4) is 16.8 Å². The number of hydrogen-bond donors (Lipinski definition) is 0. The topological polar surface area (TPSA) is 183 Å². The average molecular weight is 587 g/mol. The van der Waals surface area contributed by atoms with Crippen molar-refractivity contribution in [3.63, 3.8) is 0 Å². The number of azide groups is 2. The number of carbonyl (C=O) groups is 1. The molecule has 13 nitrogen and oxygen atoms in total. The predicted molar refractivity (Wildman–Crippen MR) is 163 cm³/mol. The lowest BCUT2D eigenvalue weighted by molar-refractivity contribution is 0.101. The summed E-state index contributed by atoms with van der Waals surface area (Å²) in [6, 6.07) is 16.2. The van der Waals surface area contributed by atoms with E-state index in [9.17, 15) is 13.2 Å². The van der Waals surface area contributed by atoms with Crippen LogP contribution in [0.5, 0.6) is 0 Å². The van der Waals surface area contributed by atoms with Crippen LogP contribution in [0.25, 0.3) is 48.7 Å². The summed E-state index contributed by atoms with van der Waals surface area (Å²) in [5.41, 5.74) is 21.9. The largest absolute Gasteiger partial charge is 0.378 e. The maximum absolute atomic E-state index is 13.4. The molecule has 0 saturated carbocycles. The van der Waals surface area contributed by atoms with Gasteiger partial charge in [0.05, 0.1) is 22.5 Å². The molecule has 14 heteroatoms. The van der Waals surface area contributed by atoms with Crippen LogP contribution in [-0.4, -0.2) is 61.1 Å². The Morgan fingerprint density at radius 1 is 1.07 bits per heavy atom. The molecule has 0 unspecified atom stereocenters. The van der Waals surface area contributed by atoms with Crippen molar-refractivity contribution in [2.75, 3.05) is 37.0 Å². The van der Waals surface area contributed by atoms with E-state index in [1.165, 1.54) is 0 Å². The SMILES string of the molecule is CC(C)c1nn(-c2cccc(N(C)C)c2)c2nc(C(=O)CS(=O)(=O)CCCN=[N+]=[N-])cc(-c3ccc(N=[N+]=[N-])cc3)c12. The number of anilines is 1. The first kappa shape index (κ1) is 30.1. The maximum atomic E-state index is 13.4. The van der Waals surface area contributed by atoms with Crippen LogP contribution in [0.15, 0.2) is 64.8 Å². The Hall–Kier alpha value is -4.90. The van der Waals surface area contributed by atoms with E-state index >= 15 is 0 Å². The molecule has 0 aliphatic heterocycles. The highest BCUT2D eigenvalue weighted by atomic mass is 32.2. The fourth-order valence-electron chi connectivity index (χ4n) is 4.51. The second-order valence-corrected chi connectivity index (χ2v) is 12.4. The Bertz CT molecular complexity index is 1830. The van der Waals surface area contributed by atoms with Crippen molar-refractivity contribution in [2.24, 2.45) is 10.2 Å². The molecule has 216 valence electrons. The standard InChI is InChI=1S/C28H30N10O3S/c1-18(2)27-26-23(19-9-11-20(12-10-19)33-36-30)16-24(25(39)17-42(40,41)14-6-13-31-35-29)32-28(26)38(34-27)22-8-5-7-21(15-22)37(3)4/h5,7-12,15-16,18H,6,13-14,17H2,1-4H3. The third-order valence-corrected chi connectivity index (χ3v) is 8.17. The molecule has 0 atom stereocenters. The summed E-state index contributed by atoms with van der Waals surface area (Å²) in [7, 11) is 0.0763. The molecule has 0 fully saturated rings. The summed E-state index contributed by atoms with van der Waals surface area (Å²) in [6.45, 7) is 4.05. The van der Waals surface area contributed by atoms with Gasteiger partial charge >= 0.3 is 0 Å². The van der Waals surface area contributed by atoms with Gasteiger partial charge in [0.25, 0.3) is 0 Å². The molecule has 0 amide bonds. The minimum Gasteiger partial charge on any atom is -0.378 e. The number of aromatic nitrogens is 3. The number of rotatable bonds is 12. The van der Waals surface area contributed by atoms with Crippen LogP contribution in [0.2, 0.25) is 0 Å². The lowest BCUT2D eigenvalue weighted by Gasteiger charge is -2.14. The van der Waals surface area contributed by atoms with Crippen LogP contribution in [0.1, 0.15) is 42.4 Å². The van der Waals surface area contributed by atoms with E-state index in [0.717, 1.165) is 22.5 Å². The molecule has 0 bridgehead atoms. The molecule has 2 heterocycles. The molecule has 4 rings (SSSR count). The quantitative estimate of drug-likeness (QED) is 0.0598. The number of benzene rings is 2. The highest BCUT2D eigenvalue weighted by Crippen LogP contribution is 2.36. The predicted octanol–water partition coefficient (Wildman–Crippen LogP) is 6.52. The van der Waals surface area contributed by atoms with Gasteiger partial charge in [0.15, 0.2) is 21.3 Å². The Kier molecular flexibility index (Phi) is 9.12. The van der Waals surface area contributed by atoms with Gasteiger partial charge in [-0.1, -0.05) is 54.4 Å². The molecule has 0 N–H and O–H groups in total. The lowest BCUT2D eigenvalue weighted by atomic mass is 9.97. The normalized spacial score (nSPS) is 11.3. The van der Waals surface area contributed by atoms with E-state index in [0.29, 0.717) is 22.5 Å². The first-order chi connectivity index (χ1) is 20.0. The van der Waals surface area contributed by atoms with Crippen molar-refractivity contribution < 1.29 is 13.2 Å². The number of sulfone groups is 1. The molecule has 0 radical (unpaired) electrons. The van der Waals surface area contributed by atoms with E-state index in [4.69, 9.17) is 21.1 Å². The second-order valence-electron chi connectivity index (χ2n) is 10.2. The molecular formula is C28H30N10O3S. The van der Waals surface area contributed by atoms with Gasteiger partial charge < -0.3 is 4.90 Å². The Morgan fingerprint density at radius 2 is 1.81 bits per heavy atom. The number of fused-ring (bicyclic) bond motifs is 1. The van der Waals surface area contributed by atoms with E-state index in [-0.39, 0.29) is 30.3 Å². The van der Waals surface area contributed by atoms with Crippen molar-refractivity contribution in [2.45, 2.75) is 26.2 Å². The maximum Gasteiger partial charge on any atom is 0.196 e. The van der Waals surface area contributed by atoms with Crippen LogP contribution in [0, 0.1) is 0 Å². The summed E-state index contributed by atoms with van der Waals surface area (Å²) in [4.78, 5) is 25.5. The summed E-state index contributed by atoms with van der Waals surface area (Å²) in [6.07, 6.45) is 0.113. The van der Waals surface area contributed by atoms with Crippen molar-refractivity contribution in [1.82, 2.24) is 14.8 Å². The molecule has 4 aromatic rings. The zero-order chi connectivity index (χ0) is 30.4. The van der Waals surface area contributed by atoms with E-state index in [2.05, 4.69) is 20.1 Å². The summed E-state index contributed by atoms with van der Waals surface area (Å²) < 4.78 is 27.1. The first-order valence-corrected chi connectivity index (χ1v) is 15.0. The fourth-order valence-corrected chi connectivity index (χ4v) is 5.77. The third-order valence-electron chi connectivity index (χ3n) is 6.55. The molecule has 0 aliphatic carbocycles. The van der Waals surface area contributed by atoms with E-state index in [1.54, 1.807) is 35.0 Å². The number of hydrogen-bond acceptors (Lipinski definition) is 8. The van der Waals surface area contributed by atoms with Gasteiger partial charge in [-0.3, -0.25) is 4.79 Å². The number of ketones is 1. The van der Waals surface area contributed by atoms with Gasteiger partial charge in [0, 0.05) is 41.8 Å². The molecule has 0 saturated heterocycles. The monoisotopic (exact) mass is 586 g/mol. The molecular weight excluding hydrogens is 556 g/mol. The lowest BCUT2D eigenvalue weighted by Crippen LogP contribution is -2.20. The third kappa shape index (κ3) is 6.69. The van der Waals surface area contributed by atoms with Crippen molar-refractivity contribution >= 4 is 38.0 Å². The van der Waals surface area contributed by atoms with Gasteiger partial charge in [-0.25, -0.2) is 18.1 Å². The molecule has 0 aliphatic rings. The van der Waals surface area contributed by atoms with Crippen molar-refractivity contribution in [3.05, 3.63) is 86.9 Å². The van der Waals surface area contributed by atoms with E-state index < -0.39 is 21.4 Å². The highest BCUT2D eigenvalue weighted by molar-refractivity contribution is 7.92. The Balaban J connectivity index is 1.93. The Labute approximate surface area is 243 Å². The Morgan fingerprint density at radius 3 is 2.45 bits per heavy atom. The number of pyridine rings is 1. The molecule has 0 spiro atoms. The zero-order valence-corrected chi connectivity index (χ0v) is 24.5. The van der Waals surface area contributed by atoms with Crippen LogP contribution in [0.4, 0.5) is 11.4 Å². The van der Waals surface area contributed by atoms with Crippen LogP contribution < -0.4 is 4.90 Å². The molecule has 2 aromatic carbocycles. The number of Topliss-reactive ketones (excluding diaryl/α,β-unsaturated/α-hetero) is 1. The van der Waals surface area contributed by atoms with Gasteiger partial charge in [0.2, 0.25) is 0 Å². The van der Waals surface area contributed by atoms with Gasteiger partial charge in [-0.05, 0) is 58.8 Å². The zero-order valence-electron chi connectivity index (χ0n) is 23.7. The molecule has 42 heavy (non-hydrogen) atoms. The second kappa shape index (κ2) is 12.7. The van der Waals surface area contributed by atoms with Gasteiger partial charge in [0.1, 0.15) is 11.4 Å². The fraction of sp³-hybridized carbons (Fsp3) is 0.321. The highest BCUT2D eigenvalue weighted by Gasteiger charge is 2.25. The van der Waals surface area contributed by atoms with Gasteiger partial charge in [-0.2, -0.15) is 5.10 Å².